The smallest absolute Gasteiger partial charge is 0.274 e. The molecule has 0 fully saturated rings. The first-order valence-electron chi connectivity index (χ1n) is 8.08. The highest BCUT2D eigenvalue weighted by Crippen LogP contribution is 2.14. The van der Waals surface area contributed by atoms with Gasteiger partial charge in [-0.15, -0.1) is 0 Å². The predicted octanol–water partition coefficient (Wildman–Crippen LogP) is 2.23. The second kappa shape index (κ2) is 7.27. The van der Waals surface area contributed by atoms with E-state index >= 15 is 0 Å². The summed E-state index contributed by atoms with van der Waals surface area (Å²) in [6, 6.07) is 14.9. The van der Waals surface area contributed by atoms with Gasteiger partial charge in [0.2, 0.25) is 0 Å². The van der Waals surface area contributed by atoms with Gasteiger partial charge >= 0.3 is 0 Å². The lowest BCUT2D eigenvalue weighted by Gasteiger charge is -2.09. The molecule has 0 atom stereocenters. The van der Waals surface area contributed by atoms with Crippen LogP contribution >= 0.6 is 0 Å². The Hall–Kier alpha value is -2.99. The Labute approximate surface area is 144 Å². The summed E-state index contributed by atoms with van der Waals surface area (Å²) in [7, 11) is 1.69. The lowest BCUT2D eigenvalue weighted by Crippen LogP contribution is -2.24. The minimum Gasteiger partial charge on any atom is -0.308 e. The zero-order chi connectivity index (χ0) is 17.8. The summed E-state index contributed by atoms with van der Waals surface area (Å²) in [5.41, 5.74) is 4.67. The molecule has 3 aromatic rings. The number of hydroxylamine groups is 1. The summed E-state index contributed by atoms with van der Waals surface area (Å²) in [5, 5.41) is 8.76. The molecule has 1 aromatic heterocycles. The van der Waals surface area contributed by atoms with E-state index < -0.39 is 5.91 Å². The number of nitrogens with zero attached hydrogens (tertiary/aromatic N) is 2. The largest absolute Gasteiger partial charge is 0.308 e. The third kappa shape index (κ3) is 3.59. The van der Waals surface area contributed by atoms with Crippen molar-refractivity contribution in [1.82, 2.24) is 15.0 Å². The van der Waals surface area contributed by atoms with Crippen LogP contribution in [0.3, 0.4) is 0 Å². The van der Waals surface area contributed by atoms with E-state index in [1.165, 1.54) is 5.56 Å². The highest BCUT2D eigenvalue weighted by molar-refractivity contribution is 5.96. The van der Waals surface area contributed by atoms with Crippen LogP contribution in [-0.2, 0) is 19.9 Å². The summed E-state index contributed by atoms with van der Waals surface area (Å²) in [6.45, 7) is 0. The summed E-state index contributed by atoms with van der Waals surface area (Å²) in [4.78, 5) is 28.5. The highest BCUT2D eigenvalue weighted by atomic mass is 16.5. The molecule has 3 rings (SSSR count). The fourth-order valence-electron chi connectivity index (χ4n) is 2.87. The summed E-state index contributed by atoms with van der Waals surface area (Å²) < 4.78 is 1.54. The number of hydrogen-bond acceptors (Lipinski definition) is 4. The number of aryl methyl sites for hydroxylation is 3. The van der Waals surface area contributed by atoms with Gasteiger partial charge in [-0.1, -0.05) is 30.3 Å². The van der Waals surface area contributed by atoms with Gasteiger partial charge in [-0.2, -0.15) is 0 Å². The van der Waals surface area contributed by atoms with Gasteiger partial charge in [0.15, 0.2) is 0 Å². The monoisotopic (exact) mass is 337 g/mol. The van der Waals surface area contributed by atoms with Crippen LogP contribution in [0.2, 0.25) is 0 Å². The van der Waals surface area contributed by atoms with Crippen molar-refractivity contribution in [1.29, 1.82) is 0 Å². The topological polar surface area (TPSA) is 84.2 Å². The van der Waals surface area contributed by atoms with Gasteiger partial charge in [-0.05, 0) is 43.0 Å². The standard InChI is InChI=1S/C19H19N3O3/c1-22-17-11-10-14(18(23)21-25)12-16(17)20-15(19(22)24)9-5-8-13-6-3-2-4-7-13/h2-4,6-7,10-12,25H,5,8-9H2,1H3,(H,21,23). The zero-order valence-corrected chi connectivity index (χ0v) is 13.9. The van der Waals surface area contributed by atoms with Crippen molar-refractivity contribution >= 4 is 16.9 Å². The summed E-state index contributed by atoms with van der Waals surface area (Å²) >= 11 is 0. The molecule has 0 aliphatic carbocycles. The average molecular weight is 337 g/mol. The van der Waals surface area contributed by atoms with E-state index in [0.29, 0.717) is 23.1 Å². The number of hydrogen-bond donors (Lipinski definition) is 2. The Morgan fingerprint density at radius 2 is 1.92 bits per heavy atom. The number of fused-ring (bicyclic) bond motifs is 1. The molecule has 6 nitrogen and oxygen atoms in total. The van der Waals surface area contributed by atoms with Gasteiger partial charge < -0.3 is 4.57 Å². The van der Waals surface area contributed by atoms with Crippen molar-refractivity contribution in [3.63, 3.8) is 0 Å². The van der Waals surface area contributed by atoms with E-state index in [1.807, 2.05) is 18.2 Å². The second-order valence-corrected chi connectivity index (χ2v) is 5.91. The molecule has 2 aromatic carbocycles. The van der Waals surface area contributed by atoms with Crippen LogP contribution in [0.15, 0.2) is 53.3 Å². The number of amides is 1. The maximum absolute atomic E-state index is 12.5. The quantitative estimate of drug-likeness (QED) is 0.552. The summed E-state index contributed by atoms with van der Waals surface area (Å²) in [5.74, 6) is -0.608. The zero-order valence-electron chi connectivity index (χ0n) is 13.9. The first-order chi connectivity index (χ1) is 12.1. The summed E-state index contributed by atoms with van der Waals surface area (Å²) in [6.07, 6.45) is 2.25. The van der Waals surface area contributed by atoms with Crippen molar-refractivity contribution in [2.45, 2.75) is 19.3 Å². The van der Waals surface area contributed by atoms with Gasteiger partial charge in [0.25, 0.3) is 11.5 Å². The normalized spacial score (nSPS) is 10.8. The number of benzene rings is 2. The van der Waals surface area contributed by atoms with Crippen LogP contribution < -0.4 is 11.0 Å². The number of carbonyl (C=O) groups is 1. The van der Waals surface area contributed by atoms with Gasteiger partial charge in [0.05, 0.1) is 11.0 Å². The fourth-order valence-corrected chi connectivity index (χ4v) is 2.87. The molecule has 0 aliphatic rings. The number of rotatable bonds is 5. The van der Waals surface area contributed by atoms with E-state index in [9.17, 15) is 9.59 Å². The van der Waals surface area contributed by atoms with Crippen LogP contribution in [0, 0.1) is 0 Å². The molecule has 0 radical (unpaired) electrons. The molecule has 0 spiro atoms. The van der Waals surface area contributed by atoms with Gasteiger partial charge in [-0.3, -0.25) is 14.8 Å². The lowest BCUT2D eigenvalue weighted by atomic mass is 10.1. The number of nitrogens with one attached hydrogen (secondary N) is 1. The fraction of sp³-hybridized carbons (Fsp3) is 0.211. The van der Waals surface area contributed by atoms with Crippen LogP contribution in [-0.4, -0.2) is 20.7 Å². The Bertz CT molecular complexity index is 965. The molecule has 6 heteroatoms. The van der Waals surface area contributed by atoms with Crippen LogP contribution in [0.1, 0.15) is 28.0 Å². The van der Waals surface area contributed by atoms with Crippen LogP contribution in [0.4, 0.5) is 0 Å². The SMILES string of the molecule is Cn1c(=O)c(CCCc2ccccc2)nc2cc(C(=O)NO)ccc21. The molecule has 128 valence electrons. The van der Waals surface area contributed by atoms with Crippen molar-refractivity contribution < 1.29 is 10.0 Å². The molecule has 0 saturated carbocycles. The Balaban J connectivity index is 1.88. The lowest BCUT2D eigenvalue weighted by molar-refractivity contribution is 0.0706. The predicted molar refractivity (Wildman–Crippen MR) is 94.7 cm³/mol. The molecule has 0 saturated heterocycles. The van der Waals surface area contributed by atoms with Crippen LogP contribution in [0.5, 0.6) is 0 Å². The molecular weight excluding hydrogens is 318 g/mol. The Morgan fingerprint density at radius 1 is 1.16 bits per heavy atom. The van der Waals surface area contributed by atoms with E-state index in [2.05, 4.69) is 17.1 Å². The Morgan fingerprint density at radius 3 is 2.64 bits per heavy atom. The second-order valence-electron chi connectivity index (χ2n) is 5.91. The first-order valence-corrected chi connectivity index (χ1v) is 8.08. The van der Waals surface area contributed by atoms with Crippen molar-refractivity contribution in [3.8, 4) is 0 Å². The highest BCUT2D eigenvalue weighted by Gasteiger charge is 2.11. The van der Waals surface area contributed by atoms with Gasteiger partial charge in [0, 0.05) is 12.6 Å². The van der Waals surface area contributed by atoms with Crippen molar-refractivity contribution in [2.75, 3.05) is 0 Å². The van der Waals surface area contributed by atoms with E-state index in [0.717, 1.165) is 12.8 Å². The third-order valence-corrected chi connectivity index (χ3v) is 4.23. The van der Waals surface area contributed by atoms with Crippen LogP contribution in [0.25, 0.3) is 11.0 Å². The van der Waals surface area contributed by atoms with E-state index in [1.54, 1.807) is 35.3 Å². The molecule has 0 unspecified atom stereocenters. The van der Waals surface area contributed by atoms with E-state index in [4.69, 9.17) is 5.21 Å². The molecule has 1 amide bonds. The van der Waals surface area contributed by atoms with Gasteiger partial charge in [0.1, 0.15) is 5.69 Å². The number of carbonyl (C=O) groups excluding carboxylic acids is 1. The molecule has 0 aliphatic heterocycles. The first kappa shape index (κ1) is 16.9. The minimum atomic E-state index is -0.608. The third-order valence-electron chi connectivity index (χ3n) is 4.23. The van der Waals surface area contributed by atoms with Gasteiger partial charge in [-0.25, -0.2) is 10.5 Å². The molecule has 1 heterocycles. The number of aromatic nitrogens is 2. The molecule has 0 bridgehead atoms. The molecule has 2 N–H and O–H groups in total. The van der Waals surface area contributed by atoms with Crippen molar-refractivity contribution in [2.24, 2.45) is 7.05 Å². The maximum atomic E-state index is 12.5. The van der Waals surface area contributed by atoms with E-state index in [-0.39, 0.29) is 11.1 Å². The minimum absolute atomic E-state index is 0.125. The average Bonchev–Trinajstić information content (AvgIpc) is 2.65. The maximum Gasteiger partial charge on any atom is 0.274 e. The molecular formula is C19H19N3O3. The Kier molecular flexibility index (Phi) is 4.90. The van der Waals surface area contributed by atoms with Crippen molar-refractivity contribution in [3.05, 3.63) is 75.7 Å². The molecule has 25 heavy (non-hydrogen) atoms.